The summed E-state index contributed by atoms with van der Waals surface area (Å²) in [6, 6.07) is 6.53. The number of likely N-dealkylation sites (tertiary alicyclic amines) is 1. The maximum absolute atomic E-state index is 13.5. The smallest absolute Gasteiger partial charge is 0.227 e. The second-order valence-corrected chi connectivity index (χ2v) is 5.02. The second kappa shape index (κ2) is 5.48. The van der Waals surface area contributed by atoms with Crippen LogP contribution in [0.4, 0.5) is 4.39 Å². The molecule has 98 valence electrons. The molecule has 18 heavy (non-hydrogen) atoms. The topological polar surface area (TPSA) is 46.3 Å². The molecule has 1 heterocycles. The number of carbonyl (C=O) groups excluding carboxylic acids is 1. The number of carbonyl (C=O) groups is 1. The summed E-state index contributed by atoms with van der Waals surface area (Å²) in [6.45, 7) is 3.40. The lowest BCUT2D eigenvalue weighted by atomic mass is 10.0. The van der Waals surface area contributed by atoms with Crippen LogP contribution in [0, 0.1) is 11.7 Å². The molecule has 0 radical (unpaired) electrons. The fourth-order valence-corrected chi connectivity index (χ4v) is 2.36. The summed E-state index contributed by atoms with van der Waals surface area (Å²) in [5, 5.41) is 0. The third-order valence-corrected chi connectivity index (χ3v) is 3.62. The summed E-state index contributed by atoms with van der Waals surface area (Å²) in [5.74, 6) is 0.0478. The average Bonchev–Trinajstić information content (AvgIpc) is 2.81. The maximum Gasteiger partial charge on any atom is 0.227 e. The Bertz CT molecular complexity index is 434. The van der Waals surface area contributed by atoms with Crippen LogP contribution in [0.3, 0.4) is 0 Å². The van der Waals surface area contributed by atoms with E-state index in [1.165, 1.54) is 6.07 Å². The highest BCUT2D eigenvalue weighted by Gasteiger charge is 2.28. The monoisotopic (exact) mass is 250 g/mol. The average molecular weight is 250 g/mol. The molecule has 0 saturated carbocycles. The molecular weight excluding hydrogens is 231 g/mol. The first-order valence-electron chi connectivity index (χ1n) is 6.34. The Labute approximate surface area is 107 Å². The van der Waals surface area contributed by atoms with E-state index in [0.29, 0.717) is 18.0 Å². The van der Waals surface area contributed by atoms with E-state index in [1.54, 1.807) is 23.1 Å². The number of benzene rings is 1. The zero-order valence-electron chi connectivity index (χ0n) is 10.6. The lowest BCUT2D eigenvalue weighted by Crippen LogP contribution is -2.33. The highest BCUT2D eigenvalue weighted by Crippen LogP contribution is 2.20. The summed E-state index contributed by atoms with van der Waals surface area (Å²) in [5.41, 5.74) is 6.30. The summed E-state index contributed by atoms with van der Waals surface area (Å²) in [4.78, 5) is 13.8. The van der Waals surface area contributed by atoms with Crippen molar-refractivity contribution in [1.29, 1.82) is 0 Å². The molecular formula is C14H19FN2O. The first-order chi connectivity index (χ1) is 8.58. The van der Waals surface area contributed by atoms with E-state index in [4.69, 9.17) is 5.73 Å². The van der Waals surface area contributed by atoms with Crippen LogP contribution in [0.1, 0.15) is 18.9 Å². The van der Waals surface area contributed by atoms with Crippen molar-refractivity contribution in [2.75, 3.05) is 13.1 Å². The van der Waals surface area contributed by atoms with Gasteiger partial charge in [-0.05, 0) is 30.9 Å². The minimum atomic E-state index is -0.311. The fourth-order valence-electron chi connectivity index (χ4n) is 2.36. The van der Waals surface area contributed by atoms with Crippen LogP contribution in [0.2, 0.25) is 0 Å². The first kappa shape index (κ1) is 13.0. The van der Waals surface area contributed by atoms with Crippen LogP contribution in [0.25, 0.3) is 0 Å². The molecule has 1 saturated heterocycles. The molecule has 1 aliphatic rings. The van der Waals surface area contributed by atoms with Crippen molar-refractivity contribution < 1.29 is 9.18 Å². The van der Waals surface area contributed by atoms with Crippen molar-refractivity contribution in [3.8, 4) is 0 Å². The fraction of sp³-hybridized carbons (Fsp3) is 0.500. The third-order valence-electron chi connectivity index (χ3n) is 3.62. The quantitative estimate of drug-likeness (QED) is 0.885. The SMILES string of the molecule is CC(N)C1CCN(C(=O)Cc2ccccc2F)C1. The highest BCUT2D eigenvalue weighted by atomic mass is 19.1. The van der Waals surface area contributed by atoms with Gasteiger partial charge in [-0.2, -0.15) is 0 Å². The summed E-state index contributed by atoms with van der Waals surface area (Å²) >= 11 is 0. The standard InChI is InChI=1S/C14H19FN2O/c1-10(16)12-6-7-17(9-12)14(18)8-11-4-2-3-5-13(11)15/h2-5,10,12H,6-9,16H2,1H3. The summed E-state index contributed by atoms with van der Waals surface area (Å²) in [7, 11) is 0. The van der Waals surface area contributed by atoms with Crippen molar-refractivity contribution in [2.45, 2.75) is 25.8 Å². The predicted octanol–water partition coefficient (Wildman–Crippen LogP) is 1.56. The Morgan fingerprint density at radius 1 is 1.56 bits per heavy atom. The largest absolute Gasteiger partial charge is 0.342 e. The Hall–Kier alpha value is -1.42. The maximum atomic E-state index is 13.5. The molecule has 2 rings (SSSR count). The zero-order valence-corrected chi connectivity index (χ0v) is 10.6. The van der Waals surface area contributed by atoms with Crippen molar-refractivity contribution in [3.63, 3.8) is 0 Å². The number of amides is 1. The van der Waals surface area contributed by atoms with E-state index in [0.717, 1.165) is 13.0 Å². The van der Waals surface area contributed by atoms with Crippen LogP contribution in [0.5, 0.6) is 0 Å². The summed E-state index contributed by atoms with van der Waals surface area (Å²) in [6.07, 6.45) is 1.08. The molecule has 1 aromatic carbocycles. The van der Waals surface area contributed by atoms with Gasteiger partial charge in [-0.25, -0.2) is 4.39 Å². The predicted molar refractivity (Wildman–Crippen MR) is 68.4 cm³/mol. The van der Waals surface area contributed by atoms with Crippen LogP contribution in [-0.2, 0) is 11.2 Å². The van der Waals surface area contributed by atoms with Gasteiger partial charge in [0.05, 0.1) is 6.42 Å². The second-order valence-electron chi connectivity index (χ2n) is 5.02. The number of hydrogen-bond acceptors (Lipinski definition) is 2. The number of nitrogens with two attached hydrogens (primary N) is 1. The Morgan fingerprint density at radius 3 is 2.89 bits per heavy atom. The molecule has 1 aliphatic heterocycles. The summed E-state index contributed by atoms with van der Waals surface area (Å²) < 4.78 is 13.5. The lowest BCUT2D eigenvalue weighted by Gasteiger charge is -2.18. The normalized spacial score (nSPS) is 21.1. The molecule has 0 aliphatic carbocycles. The lowest BCUT2D eigenvalue weighted by molar-refractivity contribution is -0.129. The van der Waals surface area contributed by atoms with Gasteiger partial charge in [-0.3, -0.25) is 4.79 Å². The molecule has 2 unspecified atom stereocenters. The Kier molecular flexibility index (Phi) is 3.97. The molecule has 1 aromatic rings. The number of nitrogens with zero attached hydrogens (tertiary/aromatic N) is 1. The third kappa shape index (κ3) is 2.88. The molecule has 2 atom stereocenters. The van der Waals surface area contributed by atoms with E-state index in [-0.39, 0.29) is 24.2 Å². The zero-order chi connectivity index (χ0) is 13.1. The van der Waals surface area contributed by atoms with Crippen molar-refractivity contribution in [2.24, 2.45) is 11.7 Å². The van der Waals surface area contributed by atoms with Crippen LogP contribution in [-0.4, -0.2) is 29.9 Å². The number of hydrogen-bond donors (Lipinski definition) is 1. The molecule has 1 fully saturated rings. The molecule has 4 heteroatoms. The van der Waals surface area contributed by atoms with E-state index < -0.39 is 0 Å². The first-order valence-corrected chi connectivity index (χ1v) is 6.34. The molecule has 1 amide bonds. The Morgan fingerprint density at radius 2 is 2.28 bits per heavy atom. The molecule has 2 N–H and O–H groups in total. The number of rotatable bonds is 3. The molecule has 0 aromatic heterocycles. The highest BCUT2D eigenvalue weighted by molar-refractivity contribution is 5.79. The van der Waals surface area contributed by atoms with Gasteiger partial charge in [-0.1, -0.05) is 18.2 Å². The van der Waals surface area contributed by atoms with Crippen LogP contribution in [0.15, 0.2) is 24.3 Å². The van der Waals surface area contributed by atoms with Crippen molar-refractivity contribution >= 4 is 5.91 Å². The van der Waals surface area contributed by atoms with Gasteiger partial charge < -0.3 is 10.6 Å². The van der Waals surface area contributed by atoms with E-state index in [9.17, 15) is 9.18 Å². The van der Waals surface area contributed by atoms with E-state index in [2.05, 4.69) is 0 Å². The molecule has 0 bridgehead atoms. The minimum Gasteiger partial charge on any atom is -0.342 e. The van der Waals surface area contributed by atoms with E-state index in [1.807, 2.05) is 6.92 Å². The van der Waals surface area contributed by atoms with Crippen LogP contribution >= 0.6 is 0 Å². The van der Waals surface area contributed by atoms with Gasteiger partial charge in [0.2, 0.25) is 5.91 Å². The molecule has 3 nitrogen and oxygen atoms in total. The van der Waals surface area contributed by atoms with Gasteiger partial charge in [-0.15, -0.1) is 0 Å². The van der Waals surface area contributed by atoms with Crippen molar-refractivity contribution in [3.05, 3.63) is 35.6 Å². The van der Waals surface area contributed by atoms with Crippen molar-refractivity contribution in [1.82, 2.24) is 4.90 Å². The van der Waals surface area contributed by atoms with Crippen LogP contribution < -0.4 is 5.73 Å². The minimum absolute atomic E-state index is 0.0109. The molecule has 0 spiro atoms. The van der Waals surface area contributed by atoms with Gasteiger partial charge in [0.15, 0.2) is 0 Å². The van der Waals surface area contributed by atoms with E-state index >= 15 is 0 Å². The Balaban J connectivity index is 1.96. The van der Waals surface area contributed by atoms with Gasteiger partial charge in [0.25, 0.3) is 0 Å². The van der Waals surface area contributed by atoms with Gasteiger partial charge in [0, 0.05) is 19.1 Å². The van der Waals surface area contributed by atoms with Gasteiger partial charge in [0.1, 0.15) is 5.82 Å². The van der Waals surface area contributed by atoms with Gasteiger partial charge >= 0.3 is 0 Å². The number of halogens is 1.